The van der Waals surface area contributed by atoms with E-state index in [9.17, 15) is 4.79 Å². The van der Waals surface area contributed by atoms with Crippen LogP contribution in [0.2, 0.25) is 5.02 Å². The van der Waals surface area contributed by atoms with Crippen LogP contribution in [0.25, 0.3) is 0 Å². The predicted octanol–water partition coefficient (Wildman–Crippen LogP) is 3.21. The van der Waals surface area contributed by atoms with Gasteiger partial charge in [-0.2, -0.15) is 0 Å². The Morgan fingerprint density at radius 2 is 1.77 bits per heavy atom. The molecule has 0 aliphatic carbocycles. The number of thiocarbonyl (C=S) groups is 1. The highest BCUT2D eigenvalue weighted by molar-refractivity contribution is 7.80. The Balaban J connectivity index is 1.79. The molecule has 0 unspecified atom stereocenters. The maximum absolute atomic E-state index is 11.8. The molecule has 0 aliphatic rings. The summed E-state index contributed by atoms with van der Waals surface area (Å²) in [5, 5.41) is 4.00. The van der Waals surface area contributed by atoms with Crippen LogP contribution in [0.15, 0.2) is 48.5 Å². The number of nitrogens with one attached hydrogen (secondary N) is 3. The summed E-state index contributed by atoms with van der Waals surface area (Å²) < 4.78 is 0. The molecule has 0 bridgehead atoms. The van der Waals surface area contributed by atoms with Crippen molar-refractivity contribution in [2.24, 2.45) is 0 Å². The zero-order valence-electron chi connectivity index (χ0n) is 12.0. The summed E-state index contributed by atoms with van der Waals surface area (Å²) in [7, 11) is 0. The van der Waals surface area contributed by atoms with Gasteiger partial charge in [-0.1, -0.05) is 41.9 Å². The zero-order valence-corrected chi connectivity index (χ0v) is 13.6. The number of benzene rings is 2. The van der Waals surface area contributed by atoms with E-state index in [1.807, 2.05) is 43.3 Å². The summed E-state index contributed by atoms with van der Waals surface area (Å²) in [4.78, 5) is 11.8. The van der Waals surface area contributed by atoms with Crippen molar-refractivity contribution in [3.8, 4) is 0 Å². The van der Waals surface area contributed by atoms with Crippen molar-refractivity contribution in [2.75, 3.05) is 5.32 Å². The van der Waals surface area contributed by atoms with Gasteiger partial charge in [-0.3, -0.25) is 15.6 Å². The summed E-state index contributed by atoms with van der Waals surface area (Å²) in [6.07, 6.45) is 0.247. The van der Waals surface area contributed by atoms with E-state index in [2.05, 4.69) is 16.2 Å². The normalized spacial score (nSPS) is 9.91. The van der Waals surface area contributed by atoms with Crippen molar-refractivity contribution in [3.63, 3.8) is 0 Å². The third-order valence-electron chi connectivity index (χ3n) is 2.99. The van der Waals surface area contributed by atoms with E-state index in [1.54, 1.807) is 12.1 Å². The lowest BCUT2D eigenvalue weighted by molar-refractivity contribution is -0.120. The van der Waals surface area contributed by atoms with Gasteiger partial charge in [0.1, 0.15) is 0 Å². The molecule has 4 nitrogen and oxygen atoms in total. The summed E-state index contributed by atoms with van der Waals surface area (Å²) in [6, 6.07) is 14.9. The van der Waals surface area contributed by atoms with Crippen molar-refractivity contribution in [3.05, 3.63) is 64.7 Å². The maximum atomic E-state index is 11.8. The number of carbonyl (C=O) groups excluding carboxylic acids is 1. The molecule has 1 amide bonds. The summed E-state index contributed by atoms with van der Waals surface area (Å²) in [5.41, 5.74) is 8.08. The molecule has 0 radical (unpaired) electrons. The van der Waals surface area contributed by atoms with Crippen LogP contribution in [0.1, 0.15) is 11.1 Å². The first-order valence-corrected chi connectivity index (χ1v) is 7.49. The first-order chi connectivity index (χ1) is 10.5. The molecule has 6 heteroatoms. The van der Waals surface area contributed by atoms with E-state index in [0.717, 1.165) is 16.8 Å². The third-order valence-corrected chi connectivity index (χ3v) is 3.44. The quantitative estimate of drug-likeness (QED) is 0.596. The summed E-state index contributed by atoms with van der Waals surface area (Å²) in [6.45, 7) is 1.98. The molecular weight excluding hydrogens is 318 g/mol. The van der Waals surface area contributed by atoms with Crippen LogP contribution < -0.4 is 16.2 Å². The molecule has 0 aliphatic heterocycles. The van der Waals surface area contributed by atoms with Crippen molar-refractivity contribution in [2.45, 2.75) is 13.3 Å². The molecular formula is C16H16ClN3OS. The predicted molar refractivity (Wildman–Crippen MR) is 93.8 cm³/mol. The van der Waals surface area contributed by atoms with Gasteiger partial charge in [-0.05, 0) is 48.5 Å². The molecule has 0 atom stereocenters. The van der Waals surface area contributed by atoms with Crippen molar-refractivity contribution >= 4 is 40.5 Å². The van der Waals surface area contributed by atoms with Crippen molar-refractivity contribution in [1.82, 2.24) is 10.9 Å². The highest BCUT2D eigenvalue weighted by Crippen LogP contribution is 2.12. The highest BCUT2D eigenvalue weighted by atomic mass is 35.5. The number of para-hydroxylation sites is 1. The lowest BCUT2D eigenvalue weighted by atomic mass is 10.1. The number of hydrazine groups is 1. The molecule has 2 rings (SSSR count). The first-order valence-electron chi connectivity index (χ1n) is 6.70. The molecule has 0 spiro atoms. The lowest BCUT2D eigenvalue weighted by Crippen LogP contribution is -2.44. The maximum Gasteiger partial charge on any atom is 0.242 e. The minimum atomic E-state index is -0.184. The largest absolute Gasteiger partial charge is 0.331 e. The third kappa shape index (κ3) is 5.02. The molecule has 0 heterocycles. The fraction of sp³-hybridized carbons (Fsp3) is 0.125. The summed E-state index contributed by atoms with van der Waals surface area (Å²) in [5.74, 6) is -0.184. The Hall–Kier alpha value is -2.11. The van der Waals surface area contributed by atoms with Gasteiger partial charge in [-0.15, -0.1) is 0 Å². The Morgan fingerprint density at radius 1 is 1.09 bits per heavy atom. The van der Waals surface area contributed by atoms with E-state index >= 15 is 0 Å². The van der Waals surface area contributed by atoms with Crippen LogP contribution in [0.5, 0.6) is 0 Å². The highest BCUT2D eigenvalue weighted by Gasteiger charge is 2.05. The molecule has 0 fully saturated rings. The minimum absolute atomic E-state index is 0.184. The molecule has 22 heavy (non-hydrogen) atoms. The monoisotopic (exact) mass is 333 g/mol. The summed E-state index contributed by atoms with van der Waals surface area (Å²) >= 11 is 10.9. The van der Waals surface area contributed by atoms with Crippen molar-refractivity contribution < 1.29 is 4.79 Å². The number of hydrogen-bond donors (Lipinski definition) is 3. The van der Waals surface area contributed by atoms with E-state index in [0.29, 0.717) is 10.1 Å². The molecule has 114 valence electrons. The van der Waals surface area contributed by atoms with E-state index < -0.39 is 0 Å². The van der Waals surface area contributed by atoms with Crippen LogP contribution in [0.4, 0.5) is 5.69 Å². The van der Waals surface area contributed by atoms with Crippen LogP contribution >= 0.6 is 23.8 Å². The molecule has 3 N–H and O–H groups in total. The number of hydrogen-bond acceptors (Lipinski definition) is 2. The average Bonchev–Trinajstić information content (AvgIpc) is 2.50. The minimum Gasteiger partial charge on any atom is -0.331 e. The van der Waals surface area contributed by atoms with Gasteiger partial charge >= 0.3 is 0 Å². The first kappa shape index (κ1) is 16.3. The standard InChI is InChI=1S/C16H16ClN3OS/c1-11-4-2-3-5-14(11)18-16(22)20-19-15(21)10-12-6-8-13(17)9-7-12/h2-9H,10H2,1H3,(H,19,21)(H2,18,20,22). The Morgan fingerprint density at radius 3 is 2.45 bits per heavy atom. The van der Waals surface area contributed by atoms with Gasteiger partial charge in [-0.25, -0.2) is 0 Å². The Labute approximate surface area is 139 Å². The van der Waals surface area contributed by atoms with Crippen LogP contribution in [-0.4, -0.2) is 11.0 Å². The Bertz CT molecular complexity index is 673. The van der Waals surface area contributed by atoms with Crippen LogP contribution in [0, 0.1) is 6.92 Å². The molecule has 0 aromatic heterocycles. The molecule has 0 saturated heterocycles. The van der Waals surface area contributed by atoms with E-state index in [4.69, 9.17) is 23.8 Å². The van der Waals surface area contributed by atoms with E-state index in [-0.39, 0.29) is 12.3 Å². The molecule has 2 aromatic rings. The van der Waals surface area contributed by atoms with E-state index in [1.165, 1.54) is 0 Å². The average molecular weight is 334 g/mol. The second-order valence-corrected chi connectivity index (χ2v) is 5.59. The number of carbonyl (C=O) groups is 1. The second-order valence-electron chi connectivity index (χ2n) is 4.75. The number of anilines is 1. The Kier molecular flexibility index (Phi) is 5.75. The lowest BCUT2D eigenvalue weighted by Gasteiger charge is -2.13. The van der Waals surface area contributed by atoms with Crippen LogP contribution in [0.3, 0.4) is 0 Å². The number of aryl methyl sites for hydroxylation is 1. The van der Waals surface area contributed by atoms with Gasteiger partial charge in [0, 0.05) is 10.7 Å². The fourth-order valence-corrected chi connectivity index (χ4v) is 2.11. The van der Waals surface area contributed by atoms with Crippen LogP contribution in [-0.2, 0) is 11.2 Å². The molecule has 0 saturated carbocycles. The smallest absolute Gasteiger partial charge is 0.242 e. The van der Waals surface area contributed by atoms with Gasteiger partial charge in [0.25, 0.3) is 0 Å². The van der Waals surface area contributed by atoms with Gasteiger partial charge in [0.2, 0.25) is 5.91 Å². The van der Waals surface area contributed by atoms with Gasteiger partial charge in [0.05, 0.1) is 6.42 Å². The molecule has 2 aromatic carbocycles. The fourth-order valence-electron chi connectivity index (χ4n) is 1.83. The van der Waals surface area contributed by atoms with Gasteiger partial charge in [0.15, 0.2) is 5.11 Å². The second kappa shape index (κ2) is 7.77. The number of halogens is 1. The van der Waals surface area contributed by atoms with Gasteiger partial charge < -0.3 is 5.32 Å². The van der Waals surface area contributed by atoms with Crippen molar-refractivity contribution in [1.29, 1.82) is 0 Å². The number of rotatable bonds is 3. The zero-order chi connectivity index (χ0) is 15.9. The SMILES string of the molecule is Cc1ccccc1NC(=S)NNC(=O)Cc1ccc(Cl)cc1. The topological polar surface area (TPSA) is 53.2 Å². The number of amides is 1.